The minimum Gasteiger partial charge on any atom is -0.387 e. The molecule has 0 bridgehead atoms. The van der Waals surface area contributed by atoms with Gasteiger partial charge in [-0.2, -0.15) is 0 Å². The second-order valence-electron chi connectivity index (χ2n) is 18.8. The number of rotatable bonds is 47. The molecule has 0 saturated carbocycles. The van der Waals surface area contributed by atoms with Gasteiger partial charge < -0.3 is 19.8 Å². The Morgan fingerprint density at radius 3 is 1.28 bits per heavy atom. The lowest BCUT2D eigenvalue weighted by atomic mass is 10.0. The third-order valence-electron chi connectivity index (χ3n) is 11.1. The Labute approximate surface area is 424 Å². The minimum absolute atomic E-state index is 0.0466. The first-order valence-electron chi connectivity index (χ1n) is 27.1. The molecule has 0 aliphatic carbocycles. The van der Waals surface area contributed by atoms with Crippen LogP contribution >= 0.6 is 7.82 Å². The van der Waals surface area contributed by atoms with Gasteiger partial charge in [-0.25, -0.2) is 4.57 Å². The molecule has 0 radical (unpaired) electrons. The number of phosphoric ester groups is 1. The Bertz CT molecular complexity index is 1580. The van der Waals surface area contributed by atoms with Crippen molar-refractivity contribution in [1.29, 1.82) is 0 Å². The number of aliphatic hydroxyl groups excluding tert-OH is 1. The molecule has 0 fully saturated rings. The van der Waals surface area contributed by atoms with Crippen LogP contribution in [0.2, 0.25) is 0 Å². The summed E-state index contributed by atoms with van der Waals surface area (Å²) in [7, 11) is 1.52. The number of quaternary nitrogens is 1. The van der Waals surface area contributed by atoms with E-state index >= 15 is 0 Å². The second-order valence-corrected chi connectivity index (χ2v) is 20.3. The van der Waals surface area contributed by atoms with Crippen LogP contribution in [0.3, 0.4) is 0 Å². The maximum Gasteiger partial charge on any atom is 0.472 e. The summed E-state index contributed by atoms with van der Waals surface area (Å²) >= 11 is 0. The highest BCUT2D eigenvalue weighted by Crippen LogP contribution is 2.43. The number of nitrogens with one attached hydrogen (secondary N) is 1. The number of carbonyl (C=O) groups excluding carboxylic acids is 1. The molecule has 0 rings (SSSR count). The molecule has 0 heterocycles. The zero-order chi connectivity index (χ0) is 50.6. The van der Waals surface area contributed by atoms with Gasteiger partial charge in [-0.15, -0.1) is 0 Å². The van der Waals surface area contributed by atoms with E-state index in [-0.39, 0.29) is 19.1 Å². The normalized spacial score (nSPS) is 15.1. The molecule has 1 amide bonds. The van der Waals surface area contributed by atoms with E-state index in [1.807, 2.05) is 27.2 Å². The van der Waals surface area contributed by atoms with Crippen LogP contribution in [0.15, 0.2) is 134 Å². The van der Waals surface area contributed by atoms with E-state index in [1.165, 1.54) is 64.2 Å². The van der Waals surface area contributed by atoms with Crippen LogP contribution in [0, 0.1) is 0 Å². The summed E-state index contributed by atoms with van der Waals surface area (Å²) in [6.07, 6.45) is 75.7. The summed E-state index contributed by atoms with van der Waals surface area (Å²) in [6, 6.07) is -0.877. The number of likely N-dealkylation sites (N-methyl/N-ethyl adjacent to an activating group) is 1. The van der Waals surface area contributed by atoms with Gasteiger partial charge in [0.15, 0.2) is 0 Å². The zero-order valence-corrected chi connectivity index (χ0v) is 45.4. The maximum atomic E-state index is 12.9. The number of aliphatic hydroxyl groups is 1. The molecule has 3 N–H and O–H groups in total. The summed E-state index contributed by atoms with van der Waals surface area (Å²) in [4.78, 5) is 23.2. The molecule has 0 aromatic rings. The molecule has 3 unspecified atom stereocenters. The van der Waals surface area contributed by atoms with Crippen molar-refractivity contribution in [2.75, 3.05) is 40.9 Å². The van der Waals surface area contributed by atoms with Crippen LogP contribution in [-0.4, -0.2) is 73.4 Å². The predicted octanol–water partition coefficient (Wildman–Crippen LogP) is 16.4. The van der Waals surface area contributed by atoms with Crippen molar-refractivity contribution < 1.29 is 32.9 Å². The van der Waals surface area contributed by atoms with Gasteiger partial charge in [0.25, 0.3) is 0 Å². The molecule has 3 atom stereocenters. The fraction of sp³-hybridized carbons (Fsp3) is 0.617. The van der Waals surface area contributed by atoms with E-state index < -0.39 is 20.0 Å². The van der Waals surface area contributed by atoms with Gasteiger partial charge in [0.2, 0.25) is 5.91 Å². The van der Waals surface area contributed by atoms with E-state index in [4.69, 9.17) is 9.05 Å². The summed E-state index contributed by atoms with van der Waals surface area (Å²) in [6.45, 7) is 4.52. The lowest BCUT2D eigenvalue weighted by Crippen LogP contribution is -2.45. The molecule has 0 aromatic carbocycles. The first kappa shape index (κ1) is 65.6. The van der Waals surface area contributed by atoms with Gasteiger partial charge in [-0.1, -0.05) is 212 Å². The monoisotopic (exact) mass is 978 g/mol. The number of amides is 1. The first-order chi connectivity index (χ1) is 33.5. The second kappa shape index (κ2) is 49.6. The number of hydrogen-bond donors (Lipinski definition) is 3. The van der Waals surface area contributed by atoms with Gasteiger partial charge in [-0.3, -0.25) is 13.8 Å². The Morgan fingerprint density at radius 1 is 0.493 bits per heavy atom. The lowest BCUT2D eigenvalue weighted by Gasteiger charge is -2.25. The van der Waals surface area contributed by atoms with E-state index in [0.717, 1.165) is 103 Å². The largest absolute Gasteiger partial charge is 0.472 e. The molecular weight excluding hydrogens is 876 g/mol. The standard InChI is InChI=1S/C60H101N2O6P/c1-6-8-10-12-14-16-18-19-20-21-22-23-24-25-26-27-28-29-30-31-32-33-34-35-36-37-38-39-40-41-42-43-44-46-48-50-52-54-60(64)61-58(57-68-69(65,66)67-56-55-62(3,4)5)59(63)53-51-49-47-45-17-15-13-11-9-7-2/h8-11,14,16-17,19-20,22-23,25-26,28-29,31-32,34-35,45,51,53,58-59,63H,6-7,12-13,15,18,21,24,27,30,33,36-44,46-50,52,54-57H2,1-5H3,(H-,61,64,65,66)/p+1/b10-8-,11-9+,16-14-,20-19-,23-22-,26-25-,29-28-,32-31-,35-34-,45-17+,53-51+. The van der Waals surface area contributed by atoms with E-state index in [0.29, 0.717) is 17.4 Å². The number of allylic oxidation sites excluding steroid dienone is 21. The highest BCUT2D eigenvalue weighted by molar-refractivity contribution is 7.47. The van der Waals surface area contributed by atoms with E-state index in [2.05, 4.69) is 141 Å². The maximum absolute atomic E-state index is 12.9. The average molecular weight is 978 g/mol. The van der Waals surface area contributed by atoms with Gasteiger partial charge >= 0.3 is 7.82 Å². The molecule has 0 aliphatic heterocycles. The van der Waals surface area contributed by atoms with Crippen molar-refractivity contribution >= 4 is 13.7 Å². The molecule has 392 valence electrons. The highest BCUT2D eigenvalue weighted by Gasteiger charge is 2.27. The van der Waals surface area contributed by atoms with Crippen molar-refractivity contribution in [3.63, 3.8) is 0 Å². The van der Waals surface area contributed by atoms with Crippen molar-refractivity contribution in [2.24, 2.45) is 0 Å². The number of nitrogens with zero attached hydrogens (tertiary/aromatic N) is 1. The third-order valence-corrected chi connectivity index (χ3v) is 12.1. The van der Waals surface area contributed by atoms with Crippen LogP contribution in [-0.2, 0) is 18.4 Å². The number of phosphoric acid groups is 1. The lowest BCUT2D eigenvalue weighted by molar-refractivity contribution is -0.870. The van der Waals surface area contributed by atoms with Crippen LogP contribution in [0.25, 0.3) is 0 Å². The van der Waals surface area contributed by atoms with Gasteiger partial charge in [0, 0.05) is 6.42 Å². The molecule has 8 nitrogen and oxygen atoms in total. The van der Waals surface area contributed by atoms with Gasteiger partial charge in [-0.05, 0) is 103 Å². The Hall–Kier alpha value is -3.36. The van der Waals surface area contributed by atoms with Crippen molar-refractivity contribution in [1.82, 2.24) is 5.32 Å². The van der Waals surface area contributed by atoms with Gasteiger partial charge in [0.1, 0.15) is 13.2 Å². The SMILES string of the molecule is CC/C=C\C/C=C\C/C=C\C/C=C\C/C=C\C/C=C\C/C=C\C/C=C\CCCCCCCCCCCCCCC(=O)NC(COP(=O)(O)OCC[N+](C)(C)C)C(O)/C=C/CC/C=C/CC/C=C/CC. The average Bonchev–Trinajstić information content (AvgIpc) is 3.31. The van der Waals surface area contributed by atoms with E-state index in [9.17, 15) is 19.4 Å². The summed E-state index contributed by atoms with van der Waals surface area (Å²) in [5, 5.41) is 13.8. The van der Waals surface area contributed by atoms with Crippen molar-refractivity contribution in [3.8, 4) is 0 Å². The minimum atomic E-state index is -4.36. The molecule has 0 aliphatic rings. The first-order valence-corrected chi connectivity index (χ1v) is 28.6. The van der Waals surface area contributed by atoms with Crippen molar-refractivity contribution in [2.45, 2.75) is 199 Å². The summed E-state index contributed by atoms with van der Waals surface area (Å²) in [5.41, 5.74) is 0. The molecule has 0 aromatic heterocycles. The van der Waals surface area contributed by atoms with E-state index in [1.54, 1.807) is 6.08 Å². The quantitative estimate of drug-likeness (QED) is 0.0243. The molecular formula is C60H102N2O6P+. The number of hydrogen-bond acceptors (Lipinski definition) is 5. The Balaban J connectivity index is 4.06. The van der Waals surface area contributed by atoms with Crippen molar-refractivity contribution in [3.05, 3.63) is 134 Å². The van der Waals surface area contributed by atoms with Crippen LogP contribution in [0.5, 0.6) is 0 Å². The molecule has 69 heavy (non-hydrogen) atoms. The third kappa shape index (κ3) is 52.3. The smallest absolute Gasteiger partial charge is 0.387 e. The summed E-state index contributed by atoms with van der Waals surface area (Å²) in [5.74, 6) is -0.202. The van der Waals surface area contributed by atoms with Crippen LogP contribution < -0.4 is 5.32 Å². The zero-order valence-electron chi connectivity index (χ0n) is 44.5. The van der Waals surface area contributed by atoms with Crippen LogP contribution in [0.1, 0.15) is 187 Å². The predicted molar refractivity (Wildman–Crippen MR) is 299 cm³/mol. The topological polar surface area (TPSA) is 105 Å². The molecule has 0 spiro atoms. The van der Waals surface area contributed by atoms with Crippen LogP contribution in [0.4, 0.5) is 0 Å². The fourth-order valence-corrected chi connectivity index (χ4v) is 7.65. The Morgan fingerprint density at radius 2 is 0.841 bits per heavy atom. The molecule has 0 saturated heterocycles. The highest BCUT2D eigenvalue weighted by atomic mass is 31.2. The Kier molecular flexibility index (Phi) is 47.2. The number of unbranched alkanes of at least 4 members (excludes halogenated alkanes) is 14. The number of carbonyl (C=O) groups is 1. The summed E-state index contributed by atoms with van der Waals surface area (Å²) < 4.78 is 23.5. The molecule has 9 heteroatoms. The van der Waals surface area contributed by atoms with Gasteiger partial charge in [0.05, 0.1) is 39.9 Å². The fourth-order valence-electron chi connectivity index (χ4n) is 6.92.